The van der Waals surface area contributed by atoms with Crippen molar-refractivity contribution >= 4 is 57.1 Å². The van der Waals surface area contributed by atoms with Gasteiger partial charge in [0.2, 0.25) is 0 Å². The summed E-state index contributed by atoms with van der Waals surface area (Å²) in [6.45, 7) is 0.365. The van der Waals surface area contributed by atoms with E-state index in [1.54, 1.807) is 6.08 Å². The number of anilines is 1. The van der Waals surface area contributed by atoms with Crippen LogP contribution in [0.1, 0.15) is 5.56 Å². The Balaban J connectivity index is 1.78. The summed E-state index contributed by atoms with van der Waals surface area (Å²) >= 11 is 6.29. The number of aromatic nitrogens is 2. The third-order valence-corrected chi connectivity index (χ3v) is 5.24. The second-order valence-corrected chi connectivity index (χ2v) is 7.76. The highest BCUT2D eigenvalue weighted by atomic mass is 32.2. The predicted molar refractivity (Wildman–Crippen MR) is 117 cm³/mol. The van der Waals surface area contributed by atoms with Gasteiger partial charge in [0.15, 0.2) is 5.82 Å². The number of para-hydroxylation sites is 2. The van der Waals surface area contributed by atoms with E-state index in [0.717, 1.165) is 22.2 Å². The third-order valence-electron chi connectivity index (χ3n) is 4.07. The topological polar surface area (TPSA) is 87.1 Å². The van der Waals surface area contributed by atoms with E-state index >= 15 is 0 Å². The van der Waals surface area contributed by atoms with Gasteiger partial charge in [-0.3, -0.25) is 4.79 Å². The Morgan fingerprint density at radius 3 is 2.64 bits per heavy atom. The first-order valence-corrected chi connectivity index (χ1v) is 9.83. The number of nitrogens with zero attached hydrogens (tertiary/aromatic N) is 2. The molecule has 0 aliphatic carbocycles. The zero-order chi connectivity index (χ0) is 19.5. The maximum absolute atomic E-state index is 11.9. The van der Waals surface area contributed by atoms with Crippen LogP contribution in [0, 0.1) is 0 Å². The van der Waals surface area contributed by atoms with Crippen LogP contribution in [0.2, 0.25) is 0 Å². The van der Waals surface area contributed by atoms with Crippen LogP contribution in [-0.2, 0) is 4.79 Å². The van der Waals surface area contributed by atoms with Crippen LogP contribution in [0.25, 0.3) is 28.4 Å². The lowest BCUT2D eigenvalue weighted by atomic mass is 10.1. The lowest BCUT2D eigenvalue weighted by Crippen LogP contribution is -2.17. The van der Waals surface area contributed by atoms with E-state index < -0.39 is 0 Å². The normalized spacial score (nSPS) is 15.2. The molecule has 3 N–H and O–H groups in total. The van der Waals surface area contributed by atoms with E-state index in [2.05, 4.69) is 15.6 Å². The average molecular weight is 409 g/mol. The lowest BCUT2D eigenvalue weighted by Gasteiger charge is -2.12. The standard InChI is InChI=1S/C20H16N4O2S2/c25-9-8-21-18-17(22-14-6-1-2-7-15(14)23-18)13-5-3-4-12(10-13)11-16-19(26)24-20(27)28-16/h1-7,10-11,25H,8-9H2,(H,21,23)(H,24,26,27)/b16-11-. The van der Waals surface area contributed by atoms with E-state index in [0.29, 0.717) is 27.3 Å². The molecule has 6 nitrogen and oxygen atoms in total. The first-order chi connectivity index (χ1) is 13.6. The largest absolute Gasteiger partial charge is 0.395 e. The van der Waals surface area contributed by atoms with Crippen molar-refractivity contribution in [3.63, 3.8) is 0 Å². The summed E-state index contributed by atoms with van der Waals surface area (Å²) in [5, 5.41) is 14.9. The Morgan fingerprint density at radius 2 is 1.93 bits per heavy atom. The van der Waals surface area contributed by atoms with Crippen LogP contribution in [0.4, 0.5) is 5.82 Å². The Morgan fingerprint density at radius 1 is 1.14 bits per heavy atom. The summed E-state index contributed by atoms with van der Waals surface area (Å²) in [4.78, 5) is 21.9. The highest BCUT2D eigenvalue weighted by Gasteiger charge is 2.22. The zero-order valence-electron chi connectivity index (χ0n) is 14.7. The van der Waals surface area contributed by atoms with Crippen LogP contribution in [0.15, 0.2) is 53.4 Å². The van der Waals surface area contributed by atoms with Gasteiger partial charge in [-0.25, -0.2) is 9.97 Å². The summed E-state index contributed by atoms with van der Waals surface area (Å²) in [6, 6.07) is 15.4. The summed E-state index contributed by atoms with van der Waals surface area (Å²) < 4.78 is 0.461. The number of fused-ring (bicyclic) bond motifs is 1. The quantitative estimate of drug-likeness (QED) is 0.441. The molecule has 1 aliphatic rings. The Bertz CT molecular complexity index is 1110. The maximum Gasteiger partial charge on any atom is 0.263 e. The molecule has 0 saturated carbocycles. The minimum Gasteiger partial charge on any atom is -0.395 e. The van der Waals surface area contributed by atoms with E-state index in [1.165, 1.54) is 11.8 Å². The second-order valence-electron chi connectivity index (χ2n) is 6.04. The molecule has 1 aromatic heterocycles. The van der Waals surface area contributed by atoms with Gasteiger partial charge in [0.25, 0.3) is 5.91 Å². The Labute approximate surface area is 171 Å². The number of thioether (sulfide) groups is 1. The fourth-order valence-corrected chi connectivity index (χ4v) is 3.89. The van der Waals surface area contributed by atoms with Crippen molar-refractivity contribution in [3.05, 3.63) is 59.0 Å². The second kappa shape index (κ2) is 8.05. The molecule has 0 spiro atoms. The molecule has 0 radical (unpaired) electrons. The maximum atomic E-state index is 11.9. The molecule has 1 amide bonds. The third kappa shape index (κ3) is 3.89. The number of amides is 1. The van der Waals surface area contributed by atoms with Crippen molar-refractivity contribution in [1.29, 1.82) is 0 Å². The number of rotatable bonds is 5. The molecule has 3 aromatic rings. The first kappa shape index (κ1) is 18.5. The molecule has 0 unspecified atom stereocenters. The van der Waals surface area contributed by atoms with Gasteiger partial charge in [-0.05, 0) is 29.8 Å². The minimum atomic E-state index is -0.184. The summed E-state index contributed by atoms with van der Waals surface area (Å²) in [5.41, 5.74) is 3.97. The Hall–Kier alpha value is -2.81. The number of benzene rings is 2. The number of aliphatic hydroxyl groups is 1. The molecule has 0 bridgehead atoms. The van der Waals surface area contributed by atoms with Crippen molar-refractivity contribution in [1.82, 2.24) is 15.3 Å². The summed E-state index contributed by atoms with van der Waals surface area (Å²) in [7, 11) is 0. The van der Waals surface area contributed by atoms with Gasteiger partial charge in [0.05, 0.1) is 22.5 Å². The van der Waals surface area contributed by atoms with Gasteiger partial charge >= 0.3 is 0 Å². The van der Waals surface area contributed by atoms with Crippen LogP contribution < -0.4 is 10.6 Å². The molecule has 0 atom stereocenters. The molecular weight excluding hydrogens is 392 g/mol. The number of thiocarbonyl (C=S) groups is 1. The smallest absolute Gasteiger partial charge is 0.263 e. The molecule has 1 saturated heterocycles. The van der Waals surface area contributed by atoms with Crippen molar-refractivity contribution < 1.29 is 9.90 Å². The molecule has 2 aromatic carbocycles. The van der Waals surface area contributed by atoms with Crippen LogP contribution >= 0.6 is 24.0 Å². The Kier molecular flexibility index (Phi) is 5.34. The first-order valence-electron chi connectivity index (χ1n) is 8.61. The number of hydrogen-bond acceptors (Lipinski definition) is 7. The molecule has 140 valence electrons. The lowest BCUT2D eigenvalue weighted by molar-refractivity contribution is -0.115. The fraction of sp³-hybridized carbons (Fsp3) is 0.100. The molecule has 28 heavy (non-hydrogen) atoms. The van der Waals surface area contributed by atoms with E-state index in [-0.39, 0.29) is 12.5 Å². The number of carbonyl (C=O) groups excluding carboxylic acids is 1. The summed E-state index contributed by atoms with van der Waals surface area (Å²) in [6.07, 6.45) is 1.80. The van der Waals surface area contributed by atoms with Gasteiger partial charge in [-0.1, -0.05) is 54.3 Å². The van der Waals surface area contributed by atoms with E-state index in [1.807, 2.05) is 48.5 Å². The van der Waals surface area contributed by atoms with E-state index in [9.17, 15) is 9.90 Å². The monoisotopic (exact) mass is 408 g/mol. The van der Waals surface area contributed by atoms with Gasteiger partial charge in [-0.15, -0.1) is 0 Å². The SMILES string of the molecule is O=C1NC(=S)S/C1=C\c1cccc(-c2nc3ccccc3nc2NCCO)c1. The van der Waals surface area contributed by atoms with Crippen LogP contribution in [-0.4, -0.2) is 38.5 Å². The van der Waals surface area contributed by atoms with Gasteiger partial charge in [0.1, 0.15) is 10.0 Å². The molecule has 2 heterocycles. The molecule has 1 aliphatic heterocycles. The van der Waals surface area contributed by atoms with Gasteiger partial charge in [0, 0.05) is 12.1 Å². The van der Waals surface area contributed by atoms with Crippen molar-refractivity contribution in [2.24, 2.45) is 0 Å². The molecule has 8 heteroatoms. The van der Waals surface area contributed by atoms with Crippen LogP contribution in [0.3, 0.4) is 0 Å². The zero-order valence-corrected chi connectivity index (χ0v) is 16.3. The number of aliphatic hydroxyl groups excluding tert-OH is 1. The van der Waals surface area contributed by atoms with Crippen molar-refractivity contribution in [2.75, 3.05) is 18.5 Å². The number of carbonyl (C=O) groups is 1. The molecular formula is C20H16N4O2S2. The average Bonchev–Trinajstić information content (AvgIpc) is 3.02. The number of hydrogen-bond donors (Lipinski definition) is 3. The highest BCUT2D eigenvalue weighted by Crippen LogP contribution is 2.30. The summed E-state index contributed by atoms with van der Waals surface area (Å²) in [5.74, 6) is 0.419. The highest BCUT2D eigenvalue weighted by molar-refractivity contribution is 8.26. The van der Waals surface area contributed by atoms with E-state index in [4.69, 9.17) is 17.2 Å². The van der Waals surface area contributed by atoms with Crippen LogP contribution in [0.5, 0.6) is 0 Å². The molecule has 4 rings (SSSR count). The van der Waals surface area contributed by atoms with Crippen molar-refractivity contribution in [3.8, 4) is 11.3 Å². The minimum absolute atomic E-state index is 0.00761. The molecule has 1 fully saturated rings. The number of nitrogens with one attached hydrogen (secondary N) is 2. The van der Waals surface area contributed by atoms with Crippen molar-refractivity contribution in [2.45, 2.75) is 0 Å². The van der Waals surface area contributed by atoms with Gasteiger partial charge < -0.3 is 15.7 Å². The van der Waals surface area contributed by atoms with Gasteiger partial charge in [-0.2, -0.15) is 0 Å². The predicted octanol–water partition coefficient (Wildman–Crippen LogP) is 3.19. The fourth-order valence-electron chi connectivity index (χ4n) is 2.85.